The van der Waals surface area contributed by atoms with E-state index in [0.29, 0.717) is 0 Å². The fraction of sp³-hybridized carbons (Fsp3) is 0.727. The lowest BCUT2D eigenvalue weighted by atomic mass is 10.1. The van der Waals surface area contributed by atoms with Crippen molar-refractivity contribution < 1.29 is 33.3 Å². The van der Waals surface area contributed by atoms with Crippen LogP contribution in [-0.2, 0) is 33.3 Å². The Bertz CT molecular complexity index is 370. The molecule has 0 unspecified atom stereocenters. The molecule has 7 nitrogen and oxygen atoms in total. The first-order valence-corrected chi connectivity index (χ1v) is 6.02. The van der Waals surface area contributed by atoms with Crippen molar-refractivity contribution in [2.75, 3.05) is 6.61 Å². The van der Waals surface area contributed by atoms with Gasteiger partial charge in [0, 0.05) is 20.8 Å². The van der Waals surface area contributed by atoms with E-state index in [-0.39, 0.29) is 6.61 Å². The highest BCUT2D eigenvalue weighted by atomic mass is 35.5. The molecule has 1 rings (SSSR count). The lowest BCUT2D eigenvalue weighted by molar-refractivity contribution is -0.214. The molecule has 1 saturated heterocycles. The maximum Gasteiger partial charge on any atom is 0.303 e. The van der Waals surface area contributed by atoms with Gasteiger partial charge < -0.3 is 18.9 Å². The Morgan fingerprint density at radius 3 is 1.89 bits per heavy atom. The molecule has 1 heterocycles. The molecule has 4 atom stereocenters. The molecular formula is C11H15ClO7. The molecule has 0 radical (unpaired) electrons. The Balaban J connectivity index is 2.89. The molecule has 0 aliphatic carbocycles. The third-order valence-electron chi connectivity index (χ3n) is 2.29. The minimum atomic E-state index is -1.04. The van der Waals surface area contributed by atoms with Gasteiger partial charge in [0.15, 0.2) is 23.9 Å². The van der Waals surface area contributed by atoms with Crippen LogP contribution in [0.3, 0.4) is 0 Å². The molecule has 0 bridgehead atoms. The number of carbonyl (C=O) groups is 3. The van der Waals surface area contributed by atoms with E-state index >= 15 is 0 Å². The van der Waals surface area contributed by atoms with Crippen molar-refractivity contribution >= 4 is 29.5 Å². The van der Waals surface area contributed by atoms with Gasteiger partial charge in [-0.15, -0.1) is 0 Å². The lowest BCUT2D eigenvalue weighted by Crippen LogP contribution is -2.55. The van der Waals surface area contributed by atoms with Crippen LogP contribution in [0.25, 0.3) is 0 Å². The summed E-state index contributed by atoms with van der Waals surface area (Å²) in [6.45, 7) is 3.53. The van der Waals surface area contributed by atoms with Crippen LogP contribution >= 0.6 is 11.6 Å². The molecule has 19 heavy (non-hydrogen) atoms. The highest BCUT2D eigenvalue weighted by Gasteiger charge is 2.46. The van der Waals surface area contributed by atoms with Crippen LogP contribution in [0.15, 0.2) is 0 Å². The summed E-state index contributed by atoms with van der Waals surface area (Å²) >= 11 is 5.88. The SMILES string of the molecule is CC(=O)O[C@@H]1[C@@H](OC(C)=O)[C@H](OC(C)=O)CO[C@@H]1Cl. The number of halogens is 1. The minimum absolute atomic E-state index is 0.0521. The molecule has 108 valence electrons. The molecule has 1 aliphatic rings. The van der Waals surface area contributed by atoms with Gasteiger partial charge in [0.2, 0.25) is 0 Å². The molecule has 1 fully saturated rings. The standard InChI is InChI=1S/C11H15ClO7/c1-5(13)17-8-4-16-11(12)10(19-7(3)15)9(8)18-6(2)14/h8-11H,4H2,1-3H3/t8-,9+,10-,11+/m1/s1. The van der Waals surface area contributed by atoms with Gasteiger partial charge in [-0.25, -0.2) is 0 Å². The molecule has 0 aromatic carbocycles. The van der Waals surface area contributed by atoms with Gasteiger partial charge in [-0.05, 0) is 0 Å². The molecule has 0 N–H and O–H groups in total. The number of esters is 3. The molecular weight excluding hydrogens is 280 g/mol. The van der Waals surface area contributed by atoms with Crippen LogP contribution in [0, 0.1) is 0 Å². The van der Waals surface area contributed by atoms with Crippen molar-refractivity contribution in [1.82, 2.24) is 0 Å². The van der Waals surface area contributed by atoms with E-state index in [1.807, 2.05) is 0 Å². The maximum atomic E-state index is 11.1. The maximum absolute atomic E-state index is 11.1. The second kappa shape index (κ2) is 6.72. The van der Waals surface area contributed by atoms with E-state index in [1.54, 1.807) is 0 Å². The quantitative estimate of drug-likeness (QED) is 0.422. The van der Waals surface area contributed by atoms with Gasteiger partial charge >= 0.3 is 17.9 Å². The third-order valence-corrected chi connectivity index (χ3v) is 2.66. The highest BCUT2D eigenvalue weighted by Crippen LogP contribution is 2.26. The average Bonchev–Trinajstić information content (AvgIpc) is 2.25. The number of carbonyl (C=O) groups excluding carboxylic acids is 3. The number of rotatable bonds is 3. The number of ether oxygens (including phenoxy) is 4. The van der Waals surface area contributed by atoms with Crippen molar-refractivity contribution in [2.24, 2.45) is 0 Å². The van der Waals surface area contributed by atoms with Crippen LogP contribution in [0.5, 0.6) is 0 Å². The van der Waals surface area contributed by atoms with Crippen molar-refractivity contribution in [3.8, 4) is 0 Å². The summed E-state index contributed by atoms with van der Waals surface area (Å²) in [5, 5.41) is 0. The first kappa shape index (κ1) is 15.7. The summed E-state index contributed by atoms with van der Waals surface area (Å²) in [6.07, 6.45) is -2.91. The van der Waals surface area contributed by atoms with Crippen LogP contribution in [-0.4, -0.2) is 48.4 Å². The summed E-state index contributed by atoms with van der Waals surface area (Å²) in [4.78, 5) is 33.1. The molecule has 0 spiro atoms. The number of alkyl halides is 1. The highest BCUT2D eigenvalue weighted by molar-refractivity contribution is 6.20. The zero-order valence-corrected chi connectivity index (χ0v) is 11.5. The summed E-state index contributed by atoms with van der Waals surface area (Å²) in [5.41, 5.74) is -0.986. The zero-order chi connectivity index (χ0) is 14.6. The lowest BCUT2D eigenvalue weighted by Gasteiger charge is -2.38. The van der Waals surface area contributed by atoms with Gasteiger partial charge in [-0.2, -0.15) is 0 Å². The normalized spacial score (nSPS) is 30.3. The summed E-state index contributed by atoms with van der Waals surface area (Å²) in [6, 6.07) is 0. The Kier molecular flexibility index (Phi) is 5.56. The van der Waals surface area contributed by atoms with E-state index < -0.39 is 41.8 Å². The van der Waals surface area contributed by atoms with Crippen LogP contribution < -0.4 is 0 Å². The van der Waals surface area contributed by atoms with E-state index in [1.165, 1.54) is 20.8 Å². The Morgan fingerprint density at radius 1 is 0.947 bits per heavy atom. The van der Waals surface area contributed by atoms with Crippen LogP contribution in [0.4, 0.5) is 0 Å². The van der Waals surface area contributed by atoms with Gasteiger partial charge in [-0.1, -0.05) is 11.6 Å². The molecule has 0 aromatic heterocycles. The summed E-state index contributed by atoms with van der Waals surface area (Å²) < 4.78 is 20.1. The fourth-order valence-corrected chi connectivity index (χ4v) is 1.97. The van der Waals surface area contributed by atoms with Crippen molar-refractivity contribution in [3.05, 3.63) is 0 Å². The molecule has 0 saturated carbocycles. The van der Waals surface area contributed by atoms with Crippen molar-refractivity contribution in [3.63, 3.8) is 0 Å². The summed E-state index contributed by atoms with van der Waals surface area (Å²) in [7, 11) is 0. The Labute approximate surface area is 115 Å². The monoisotopic (exact) mass is 294 g/mol. The van der Waals surface area contributed by atoms with Gasteiger partial charge in [0.25, 0.3) is 0 Å². The predicted octanol–water partition coefficient (Wildman–Crippen LogP) is 0.377. The first-order valence-electron chi connectivity index (χ1n) is 5.58. The first-order chi connectivity index (χ1) is 8.81. The Morgan fingerprint density at radius 2 is 1.42 bits per heavy atom. The summed E-state index contributed by atoms with van der Waals surface area (Å²) in [5.74, 6) is -1.79. The van der Waals surface area contributed by atoms with Crippen LogP contribution in [0.2, 0.25) is 0 Å². The fourth-order valence-electron chi connectivity index (χ4n) is 1.70. The average molecular weight is 295 g/mol. The second-order valence-electron chi connectivity index (χ2n) is 3.98. The third kappa shape index (κ3) is 4.68. The van der Waals surface area contributed by atoms with Gasteiger partial charge in [0.05, 0.1) is 6.61 Å². The van der Waals surface area contributed by atoms with Crippen molar-refractivity contribution in [2.45, 2.75) is 44.6 Å². The Hall–Kier alpha value is -1.34. The molecule has 0 amide bonds. The second-order valence-corrected chi connectivity index (χ2v) is 4.41. The van der Waals surface area contributed by atoms with Crippen molar-refractivity contribution in [1.29, 1.82) is 0 Å². The minimum Gasteiger partial charge on any atom is -0.456 e. The smallest absolute Gasteiger partial charge is 0.303 e. The largest absolute Gasteiger partial charge is 0.456 e. The molecule has 8 heteroatoms. The zero-order valence-electron chi connectivity index (χ0n) is 10.8. The molecule has 1 aliphatic heterocycles. The van der Waals surface area contributed by atoms with E-state index in [0.717, 1.165) is 0 Å². The van der Waals surface area contributed by atoms with Gasteiger partial charge in [0.1, 0.15) is 0 Å². The van der Waals surface area contributed by atoms with Crippen LogP contribution in [0.1, 0.15) is 20.8 Å². The van der Waals surface area contributed by atoms with E-state index in [2.05, 4.69) is 0 Å². The topological polar surface area (TPSA) is 88.1 Å². The van der Waals surface area contributed by atoms with E-state index in [9.17, 15) is 14.4 Å². The predicted molar refractivity (Wildman–Crippen MR) is 62.3 cm³/mol. The molecule has 0 aromatic rings. The van der Waals surface area contributed by atoms with Gasteiger partial charge in [-0.3, -0.25) is 14.4 Å². The number of hydrogen-bond donors (Lipinski definition) is 0. The number of hydrogen-bond acceptors (Lipinski definition) is 7. The van der Waals surface area contributed by atoms with E-state index in [4.69, 9.17) is 30.5 Å².